The Morgan fingerprint density at radius 2 is 2.05 bits per heavy atom. The lowest BCUT2D eigenvalue weighted by atomic mass is 9.91. The van der Waals surface area contributed by atoms with E-state index in [1.165, 1.54) is 30.6 Å². The molecule has 0 saturated carbocycles. The first-order valence-corrected chi connectivity index (χ1v) is 6.43. The van der Waals surface area contributed by atoms with Crippen LogP contribution in [0.5, 0.6) is 5.75 Å². The van der Waals surface area contributed by atoms with Gasteiger partial charge in [0.15, 0.2) is 0 Å². The summed E-state index contributed by atoms with van der Waals surface area (Å²) < 4.78 is 19.9. The van der Waals surface area contributed by atoms with Crippen LogP contribution in [0, 0.1) is 11.7 Å². The Balaban J connectivity index is 2.03. The number of hydrogen-bond acceptors (Lipinski definition) is 4. The zero-order valence-electron chi connectivity index (χ0n) is 11.5. The van der Waals surface area contributed by atoms with Crippen LogP contribution in [0.4, 0.5) is 4.39 Å². The smallest absolute Gasteiger partial charge is 0.137 e. The van der Waals surface area contributed by atoms with Gasteiger partial charge >= 0.3 is 0 Å². The SMILES string of the molecule is CC(C)C(O)(COc1ccc(F)cc1)Cn1cncn1. The summed E-state index contributed by atoms with van der Waals surface area (Å²) in [5.74, 6) is 0.162. The molecule has 2 rings (SSSR count). The second-order valence-electron chi connectivity index (χ2n) is 5.09. The number of halogens is 1. The van der Waals surface area contributed by atoms with Crippen LogP contribution in [-0.4, -0.2) is 32.1 Å². The summed E-state index contributed by atoms with van der Waals surface area (Å²) in [4.78, 5) is 3.85. The Kier molecular flexibility index (Phi) is 4.34. The summed E-state index contributed by atoms with van der Waals surface area (Å²) in [6, 6.07) is 5.71. The van der Waals surface area contributed by atoms with Crippen LogP contribution in [0.15, 0.2) is 36.9 Å². The fourth-order valence-electron chi connectivity index (χ4n) is 1.73. The number of ether oxygens (including phenoxy) is 1. The van der Waals surface area contributed by atoms with Crippen molar-refractivity contribution >= 4 is 0 Å². The number of aliphatic hydroxyl groups is 1. The van der Waals surface area contributed by atoms with Crippen LogP contribution in [0.3, 0.4) is 0 Å². The van der Waals surface area contributed by atoms with Crippen LogP contribution in [0.1, 0.15) is 13.8 Å². The number of benzene rings is 1. The molecule has 0 aliphatic carbocycles. The maximum absolute atomic E-state index is 12.8. The zero-order valence-corrected chi connectivity index (χ0v) is 11.5. The van der Waals surface area contributed by atoms with Gasteiger partial charge in [-0.25, -0.2) is 14.1 Å². The molecule has 0 aliphatic heterocycles. The average molecular weight is 279 g/mol. The van der Waals surface area contributed by atoms with Crippen molar-refractivity contribution in [3.05, 3.63) is 42.7 Å². The summed E-state index contributed by atoms with van der Waals surface area (Å²) in [5, 5.41) is 14.7. The maximum atomic E-state index is 12.8. The lowest BCUT2D eigenvalue weighted by Gasteiger charge is -2.31. The summed E-state index contributed by atoms with van der Waals surface area (Å²) in [7, 11) is 0. The fraction of sp³-hybridized carbons (Fsp3) is 0.429. The number of nitrogens with zero attached hydrogens (tertiary/aromatic N) is 3. The Morgan fingerprint density at radius 3 is 2.60 bits per heavy atom. The van der Waals surface area contributed by atoms with Crippen molar-refractivity contribution in [1.82, 2.24) is 14.8 Å². The molecule has 0 bridgehead atoms. The van der Waals surface area contributed by atoms with Gasteiger partial charge in [-0.15, -0.1) is 0 Å². The maximum Gasteiger partial charge on any atom is 0.137 e. The molecule has 0 saturated heterocycles. The molecular formula is C14H18FN3O2. The van der Waals surface area contributed by atoms with Crippen LogP contribution in [0.25, 0.3) is 0 Å². The van der Waals surface area contributed by atoms with Crippen molar-refractivity contribution in [1.29, 1.82) is 0 Å². The molecule has 6 heteroatoms. The second kappa shape index (κ2) is 6.00. The van der Waals surface area contributed by atoms with Gasteiger partial charge in [0.1, 0.15) is 36.4 Å². The van der Waals surface area contributed by atoms with Gasteiger partial charge in [0, 0.05) is 0 Å². The third-order valence-corrected chi connectivity index (χ3v) is 3.28. The molecule has 1 N–H and O–H groups in total. The van der Waals surface area contributed by atoms with Crippen LogP contribution >= 0.6 is 0 Å². The highest BCUT2D eigenvalue weighted by Crippen LogP contribution is 2.21. The third kappa shape index (κ3) is 3.54. The average Bonchev–Trinajstić information content (AvgIpc) is 2.90. The van der Waals surface area contributed by atoms with Crippen molar-refractivity contribution in [3.8, 4) is 5.75 Å². The molecule has 1 aromatic heterocycles. The molecule has 5 nitrogen and oxygen atoms in total. The van der Waals surface area contributed by atoms with E-state index in [9.17, 15) is 9.50 Å². The Hall–Kier alpha value is -1.95. The number of rotatable bonds is 6. The topological polar surface area (TPSA) is 60.2 Å². The number of hydrogen-bond donors (Lipinski definition) is 1. The van der Waals surface area contributed by atoms with Crippen molar-refractivity contribution in [2.75, 3.05) is 6.61 Å². The van der Waals surface area contributed by atoms with E-state index in [1.807, 2.05) is 13.8 Å². The molecule has 1 heterocycles. The minimum atomic E-state index is -1.08. The van der Waals surface area contributed by atoms with Crippen molar-refractivity contribution in [2.45, 2.75) is 26.0 Å². The Labute approximate surface area is 117 Å². The van der Waals surface area contributed by atoms with Gasteiger partial charge in [0.2, 0.25) is 0 Å². The first kappa shape index (κ1) is 14.5. The van der Waals surface area contributed by atoms with Gasteiger partial charge in [0.25, 0.3) is 0 Å². The highest BCUT2D eigenvalue weighted by Gasteiger charge is 2.33. The standard InChI is InChI=1S/C14H18FN3O2/c1-11(2)14(19,7-18-10-16-9-17-18)8-20-13-5-3-12(15)4-6-13/h3-6,9-11,19H,7-8H2,1-2H3. The predicted molar refractivity (Wildman–Crippen MR) is 71.7 cm³/mol. The van der Waals surface area contributed by atoms with E-state index >= 15 is 0 Å². The number of aromatic nitrogens is 3. The Bertz CT molecular complexity index is 528. The highest BCUT2D eigenvalue weighted by atomic mass is 19.1. The van der Waals surface area contributed by atoms with Crippen LogP contribution < -0.4 is 4.74 Å². The van der Waals surface area contributed by atoms with Crippen LogP contribution in [0.2, 0.25) is 0 Å². The summed E-state index contributed by atoms with van der Waals surface area (Å²) in [6.07, 6.45) is 2.97. The highest BCUT2D eigenvalue weighted by molar-refractivity contribution is 5.22. The zero-order chi connectivity index (χ0) is 14.6. The fourth-order valence-corrected chi connectivity index (χ4v) is 1.73. The van der Waals surface area contributed by atoms with Gasteiger partial charge in [-0.2, -0.15) is 5.10 Å². The van der Waals surface area contributed by atoms with Gasteiger partial charge < -0.3 is 9.84 Å². The quantitative estimate of drug-likeness (QED) is 0.877. The molecule has 2 aromatic rings. The predicted octanol–water partition coefficient (Wildman–Crippen LogP) is 1.88. The van der Waals surface area contributed by atoms with Gasteiger partial charge in [0.05, 0.1) is 6.54 Å². The monoisotopic (exact) mass is 279 g/mol. The Morgan fingerprint density at radius 1 is 1.35 bits per heavy atom. The molecule has 0 radical (unpaired) electrons. The molecule has 20 heavy (non-hydrogen) atoms. The van der Waals surface area contributed by atoms with E-state index in [4.69, 9.17) is 4.74 Å². The van der Waals surface area contributed by atoms with Gasteiger partial charge in [-0.1, -0.05) is 13.8 Å². The minimum absolute atomic E-state index is 0.0350. The lowest BCUT2D eigenvalue weighted by Crippen LogP contribution is -2.45. The van der Waals surface area contributed by atoms with E-state index in [2.05, 4.69) is 10.1 Å². The molecule has 0 fully saturated rings. The van der Waals surface area contributed by atoms with Crippen LogP contribution in [-0.2, 0) is 6.54 Å². The second-order valence-corrected chi connectivity index (χ2v) is 5.09. The van der Waals surface area contributed by atoms with E-state index in [0.29, 0.717) is 5.75 Å². The molecular weight excluding hydrogens is 261 g/mol. The van der Waals surface area contributed by atoms with E-state index in [1.54, 1.807) is 11.0 Å². The molecule has 108 valence electrons. The molecule has 1 atom stereocenters. The van der Waals surface area contributed by atoms with Gasteiger partial charge in [-0.3, -0.25) is 0 Å². The van der Waals surface area contributed by atoms with Gasteiger partial charge in [-0.05, 0) is 30.2 Å². The third-order valence-electron chi connectivity index (χ3n) is 3.28. The molecule has 1 unspecified atom stereocenters. The lowest BCUT2D eigenvalue weighted by molar-refractivity contribution is -0.0582. The largest absolute Gasteiger partial charge is 0.491 e. The van der Waals surface area contributed by atoms with Crippen molar-refractivity contribution in [2.24, 2.45) is 5.92 Å². The summed E-state index contributed by atoms with van der Waals surface area (Å²) in [6.45, 7) is 4.19. The summed E-state index contributed by atoms with van der Waals surface area (Å²) in [5.41, 5.74) is -1.08. The van der Waals surface area contributed by atoms with Crippen molar-refractivity contribution < 1.29 is 14.2 Å². The first-order chi connectivity index (χ1) is 9.49. The normalized spacial score (nSPS) is 14.2. The van der Waals surface area contributed by atoms with E-state index < -0.39 is 5.60 Å². The van der Waals surface area contributed by atoms with E-state index in [-0.39, 0.29) is 24.9 Å². The van der Waals surface area contributed by atoms with Crippen molar-refractivity contribution in [3.63, 3.8) is 0 Å². The summed E-state index contributed by atoms with van der Waals surface area (Å²) >= 11 is 0. The molecule has 0 spiro atoms. The molecule has 0 aliphatic rings. The molecule has 1 aromatic carbocycles. The van der Waals surface area contributed by atoms with E-state index in [0.717, 1.165) is 0 Å². The molecule has 0 amide bonds. The first-order valence-electron chi connectivity index (χ1n) is 6.43. The minimum Gasteiger partial charge on any atom is -0.491 e.